The lowest BCUT2D eigenvalue weighted by atomic mass is 9.99. The maximum absolute atomic E-state index is 13.2. The average Bonchev–Trinajstić information content (AvgIpc) is 2.99. The van der Waals surface area contributed by atoms with Gasteiger partial charge in [-0.05, 0) is 48.4 Å². The van der Waals surface area contributed by atoms with Crippen molar-refractivity contribution in [3.63, 3.8) is 0 Å². The molecule has 1 aromatic heterocycles. The fraction of sp³-hybridized carbons (Fsp3) is 0.160. The smallest absolute Gasteiger partial charge is 0.324 e. The number of nitrogens with one attached hydrogen (secondary N) is 2. The highest BCUT2D eigenvalue weighted by atomic mass is 35.5. The molecule has 0 saturated carbocycles. The van der Waals surface area contributed by atoms with E-state index in [1.807, 2.05) is 43.3 Å². The molecule has 3 aromatic carbocycles. The van der Waals surface area contributed by atoms with Crippen molar-refractivity contribution in [2.45, 2.75) is 19.4 Å². The van der Waals surface area contributed by atoms with Crippen LogP contribution in [0.1, 0.15) is 22.3 Å². The molecule has 8 heteroatoms. The third kappa shape index (κ3) is 3.86. The molecule has 0 spiro atoms. The number of fused-ring (bicyclic) bond motifs is 2. The van der Waals surface area contributed by atoms with Gasteiger partial charge < -0.3 is 10.3 Å². The Balaban J connectivity index is 1.68. The van der Waals surface area contributed by atoms with Crippen LogP contribution < -0.4 is 11.0 Å². The first-order valence-electron chi connectivity index (χ1n) is 10.4. The van der Waals surface area contributed by atoms with Gasteiger partial charge in [0.1, 0.15) is 6.04 Å². The number of aryl methyl sites for hydroxylation is 2. The number of aliphatic imine (C=N–C) groups is 1. The molecule has 2 N–H and O–H groups in total. The van der Waals surface area contributed by atoms with Gasteiger partial charge in [0, 0.05) is 34.6 Å². The zero-order valence-electron chi connectivity index (χ0n) is 17.9. The number of benzodiazepines with no additional fused rings is 1. The number of imidazole rings is 1. The van der Waals surface area contributed by atoms with Crippen molar-refractivity contribution in [3.8, 4) is 0 Å². The summed E-state index contributed by atoms with van der Waals surface area (Å²) in [5, 5.41) is 4.15. The highest BCUT2D eigenvalue weighted by Gasteiger charge is 2.27. The van der Waals surface area contributed by atoms with Crippen molar-refractivity contribution in [2.24, 2.45) is 12.0 Å². The van der Waals surface area contributed by atoms with E-state index in [-0.39, 0.29) is 11.6 Å². The minimum atomic E-state index is -0.698. The molecule has 33 heavy (non-hydrogen) atoms. The molecule has 5 rings (SSSR count). The van der Waals surface area contributed by atoms with Gasteiger partial charge in [-0.1, -0.05) is 47.5 Å². The Bertz CT molecular complexity index is 1520. The van der Waals surface area contributed by atoms with E-state index in [9.17, 15) is 9.59 Å². The molecule has 2 heterocycles. The van der Waals surface area contributed by atoms with Gasteiger partial charge in [-0.15, -0.1) is 0 Å². The van der Waals surface area contributed by atoms with Crippen molar-refractivity contribution >= 4 is 51.5 Å². The zero-order chi connectivity index (χ0) is 23.3. The fourth-order valence-electron chi connectivity index (χ4n) is 4.15. The summed E-state index contributed by atoms with van der Waals surface area (Å²) < 4.78 is 1.55. The average molecular weight is 479 g/mol. The molecule has 1 aliphatic heterocycles. The van der Waals surface area contributed by atoms with Crippen molar-refractivity contribution in [1.29, 1.82) is 0 Å². The molecule has 0 saturated heterocycles. The SMILES string of the molecule is Cc1cccc(CC2N=C(c3ccc4c(c3)[nH]c(=O)n4C)c3cc(Cl)ccc3NC2=O)c1Cl. The molecule has 0 fully saturated rings. The summed E-state index contributed by atoms with van der Waals surface area (Å²) in [4.78, 5) is 33.0. The van der Waals surface area contributed by atoms with E-state index >= 15 is 0 Å². The summed E-state index contributed by atoms with van der Waals surface area (Å²) in [5.41, 5.74) is 5.80. The summed E-state index contributed by atoms with van der Waals surface area (Å²) in [6, 6.07) is 16.0. The molecule has 1 amide bonds. The van der Waals surface area contributed by atoms with Crippen molar-refractivity contribution in [3.05, 3.63) is 97.4 Å². The van der Waals surface area contributed by atoms with Crippen molar-refractivity contribution < 1.29 is 4.79 Å². The van der Waals surface area contributed by atoms with Crippen LogP contribution in [0.4, 0.5) is 5.69 Å². The Labute approximate surface area is 199 Å². The topological polar surface area (TPSA) is 79.2 Å². The predicted octanol–water partition coefficient (Wildman–Crippen LogP) is 4.88. The van der Waals surface area contributed by atoms with Gasteiger partial charge in [0.15, 0.2) is 0 Å². The molecule has 1 aliphatic rings. The van der Waals surface area contributed by atoms with Crippen LogP contribution in [0, 0.1) is 6.92 Å². The second-order valence-electron chi connectivity index (χ2n) is 8.15. The second-order valence-corrected chi connectivity index (χ2v) is 8.96. The lowest BCUT2D eigenvalue weighted by Gasteiger charge is -2.13. The second kappa shape index (κ2) is 8.21. The number of nitrogens with zero attached hydrogens (tertiary/aromatic N) is 2. The molecule has 1 unspecified atom stereocenters. The number of anilines is 1. The fourth-order valence-corrected chi connectivity index (χ4v) is 4.52. The maximum atomic E-state index is 13.2. The van der Waals surface area contributed by atoms with Crippen LogP contribution in [-0.2, 0) is 18.3 Å². The quantitative estimate of drug-likeness (QED) is 0.439. The molecular formula is C25H20Cl2N4O2. The monoisotopic (exact) mass is 478 g/mol. The third-order valence-corrected chi connectivity index (χ3v) is 6.72. The first-order valence-corrected chi connectivity index (χ1v) is 11.2. The number of aromatic amines is 1. The van der Waals surface area contributed by atoms with Crippen LogP contribution in [0.3, 0.4) is 0 Å². The molecule has 1 atom stereocenters. The van der Waals surface area contributed by atoms with Gasteiger partial charge in [0.05, 0.1) is 22.4 Å². The van der Waals surface area contributed by atoms with E-state index in [0.717, 1.165) is 22.2 Å². The number of aromatic nitrogens is 2. The zero-order valence-corrected chi connectivity index (χ0v) is 19.5. The number of hydrogen-bond acceptors (Lipinski definition) is 3. The van der Waals surface area contributed by atoms with E-state index < -0.39 is 6.04 Å². The number of carbonyl (C=O) groups is 1. The number of hydrogen-bond donors (Lipinski definition) is 2. The Morgan fingerprint density at radius 2 is 1.88 bits per heavy atom. The molecular weight excluding hydrogens is 459 g/mol. The Kier molecular flexibility index (Phi) is 5.35. The van der Waals surface area contributed by atoms with Crippen LogP contribution in [0.15, 0.2) is 64.4 Å². The van der Waals surface area contributed by atoms with Crippen molar-refractivity contribution in [1.82, 2.24) is 9.55 Å². The minimum absolute atomic E-state index is 0.197. The molecule has 4 aromatic rings. The molecule has 166 valence electrons. The number of H-pyrrole nitrogens is 1. The maximum Gasteiger partial charge on any atom is 0.326 e. The van der Waals surface area contributed by atoms with Gasteiger partial charge in [-0.3, -0.25) is 14.4 Å². The van der Waals surface area contributed by atoms with E-state index in [1.165, 1.54) is 0 Å². The Hall–Kier alpha value is -3.35. The lowest BCUT2D eigenvalue weighted by Crippen LogP contribution is -2.27. The van der Waals surface area contributed by atoms with E-state index in [1.54, 1.807) is 29.8 Å². The molecule has 6 nitrogen and oxygen atoms in total. The molecule has 0 radical (unpaired) electrons. The predicted molar refractivity (Wildman–Crippen MR) is 133 cm³/mol. The summed E-state index contributed by atoms with van der Waals surface area (Å²) in [6.45, 7) is 1.93. The lowest BCUT2D eigenvalue weighted by molar-refractivity contribution is -0.117. The number of carbonyl (C=O) groups excluding carboxylic acids is 1. The van der Waals surface area contributed by atoms with Crippen molar-refractivity contribution in [2.75, 3.05) is 5.32 Å². The first-order chi connectivity index (χ1) is 15.8. The highest BCUT2D eigenvalue weighted by molar-refractivity contribution is 6.32. The van der Waals surface area contributed by atoms with Crippen LogP contribution in [0.2, 0.25) is 10.0 Å². The largest absolute Gasteiger partial charge is 0.326 e. The standard InChI is InChI=1S/C25H20Cl2N4O2/c1-13-4-3-5-14(22(13)27)10-20-24(32)29-18-8-7-16(26)12-17(18)23(28-20)15-6-9-21-19(11-15)30-25(33)31(21)2/h3-9,11-12,20H,10H2,1-2H3,(H,29,32)(H,30,33). The number of amides is 1. The molecule has 0 bridgehead atoms. The Morgan fingerprint density at radius 1 is 1.06 bits per heavy atom. The minimum Gasteiger partial charge on any atom is -0.324 e. The number of benzene rings is 3. The van der Waals surface area contributed by atoms with Gasteiger partial charge in [0.2, 0.25) is 5.91 Å². The summed E-state index contributed by atoms with van der Waals surface area (Å²) in [7, 11) is 1.71. The summed E-state index contributed by atoms with van der Waals surface area (Å²) in [6.07, 6.45) is 0.349. The van der Waals surface area contributed by atoms with Gasteiger partial charge in [-0.2, -0.15) is 0 Å². The first kappa shape index (κ1) is 21.5. The van der Waals surface area contributed by atoms with Crippen LogP contribution in [0.5, 0.6) is 0 Å². The van der Waals surface area contributed by atoms with E-state index in [2.05, 4.69) is 10.3 Å². The molecule has 0 aliphatic carbocycles. The number of rotatable bonds is 3. The third-order valence-electron chi connectivity index (χ3n) is 5.94. The van der Waals surface area contributed by atoms with Crippen LogP contribution >= 0.6 is 23.2 Å². The number of halogens is 2. The van der Waals surface area contributed by atoms with Crippen LogP contribution in [0.25, 0.3) is 11.0 Å². The van der Waals surface area contributed by atoms with Gasteiger partial charge in [-0.25, -0.2) is 4.79 Å². The Morgan fingerprint density at radius 3 is 2.70 bits per heavy atom. The van der Waals surface area contributed by atoms with E-state index in [0.29, 0.717) is 38.9 Å². The van der Waals surface area contributed by atoms with Gasteiger partial charge in [0.25, 0.3) is 0 Å². The van der Waals surface area contributed by atoms with E-state index in [4.69, 9.17) is 28.2 Å². The summed E-state index contributed by atoms with van der Waals surface area (Å²) in [5.74, 6) is -0.222. The summed E-state index contributed by atoms with van der Waals surface area (Å²) >= 11 is 12.8. The highest BCUT2D eigenvalue weighted by Crippen LogP contribution is 2.30. The van der Waals surface area contributed by atoms with Gasteiger partial charge >= 0.3 is 5.69 Å². The van der Waals surface area contributed by atoms with Crippen LogP contribution in [-0.4, -0.2) is 27.2 Å². The normalized spacial score (nSPS) is 15.7.